The normalized spacial score (nSPS) is 16.0. The van der Waals surface area contributed by atoms with Crippen molar-refractivity contribution in [2.75, 3.05) is 0 Å². The second-order valence-electron chi connectivity index (χ2n) is 5.67. The highest BCUT2D eigenvalue weighted by molar-refractivity contribution is 5.72. The van der Waals surface area contributed by atoms with E-state index in [9.17, 15) is 0 Å². The maximum Gasteiger partial charge on any atom is 0.108 e. The fourth-order valence-corrected chi connectivity index (χ4v) is 1.83. The summed E-state index contributed by atoms with van der Waals surface area (Å²) in [4.78, 5) is 4.07. The van der Waals surface area contributed by atoms with Gasteiger partial charge < -0.3 is 4.74 Å². The highest BCUT2D eigenvalue weighted by atomic mass is 16.5. The third-order valence-electron chi connectivity index (χ3n) is 3.22. The molecule has 0 bridgehead atoms. The Balaban J connectivity index is 2.64. The lowest BCUT2D eigenvalue weighted by Gasteiger charge is -1.84. The Labute approximate surface area is 186 Å². The van der Waals surface area contributed by atoms with E-state index in [4.69, 9.17) is 4.74 Å². The Bertz CT molecular complexity index is 828. The van der Waals surface area contributed by atoms with Crippen LogP contribution < -0.4 is 0 Å². The molecule has 0 N–H and O–H groups in total. The van der Waals surface area contributed by atoms with Crippen molar-refractivity contribution in [2.45, 2.75) is 0 Å². The molecule has 0 fully saturated rings. The number of hydrogen-bond donors (Lipinski definition) is 0. The average molecular weight is 408 g/mol. The largest absolute Gasteiger partial charge is 0.471 e. The van der Waals surface area contributed by atoms with Gasteiger partial charge in [0.1, 0.15) is 6.26 Å². The van der Waals surface area contributed by atoms with Crippen LogP contribution in [0.1, 0.15) is 0 Å². The molecule has 0 aromatic carbocycles. The van der Waals surface area contributed by atoms with Crippen LogP contribution >= 0.6 is 0 Å². The van der Waals surface area contributed by atoms with Crippen LogP contribution in [-0.2, 0) is 4.74 Å². The van der Waals surface area contributed by atoms with E-state index in [1.165, 1.54) is 6.26 Å². The van der Waals surface area contributed by atoms with Crippen LogP contribution in [0.5, 0.6) is 0 Å². The minimum atomic E-state index is 1.51. The molecule has 156 valence electrons. The molecule has 0 aromatic rings. The van der Waals surface area contributed by atoms with E-state index in [0.29, 0.717) is 0 Å². The number of rotatable bonds is 0. The predicted octanol–water partition coefficient (Wildman–Crippen LogP) is 7.75. The fraction of sp³-hybridized carbons (Fsp3) is 0. The van der Waals surface area contributed by atoms with Gasteiger partial charge in [-0.25, -0.2) is 0 Å². The summed E-state index contributed by atoms with van der Waals surface area (Å²) in [6.07, 6.45) is 55.2. The van der Waals surface area contributed by atoms with Crippen molar-refractivity contribution >= 4 is 6.21 Å². The smallest absolute Gasteiger partial charge is 0.108 e. The number of aliphatic imine (C=N–C) groups is 1. The molecule has 1 aliphatic rings. The maximum absolute atomic E-state index is 5.19. The Hall–Kier alpha value is -4.17. The summed E-state index contributed by atoms with van der Waals surface area (Å²) >= 11 is 0. The van der Waals surface area contributed by atoms with Gasteiger partial charge in [0.25, 0.3) is 0 Å². The van der Waals surface area contributed by atoms with E-state index in [2.05, 4.69) is 4.99 Å². The molecular formula is C29H29NO. The molecule has 1 rings (SSSR count). The van der Waals surface area contributed by atoms with Crippen LogP contribution in [0.3, 0.4) is 0 Å². The zero-order valence-electron chi connectivity index (χ0n) is 17.6. The minimum absolute atomic E-state index is 1.51. The number of ether oxygens (including phenoxy) is 1. The Kier molecular flexibility index (Phi) is 17.7. The van der Waals surface area contributed by atoms with Crippen LogP contribution in [0.15, 0.2) is 176 Å². The SMILES string of the molecule is C1=CC=CC=CC=CC=CC=CC=COC=CN=CC=CC=CC=CC=CC=CC=C1. The van der Waals surface area contributed by atoms with Gasteiger partial charge in [0, 0.05) is 6.21 Å². The standard InChI is InChI=1S/C29H29NO/c1-2-4-6-8-10-12-14-16-18-20-22-24-26-30-27-29-31-28-25-23-21-19-17-15-13-11-9-7-5-3-1/h1-29H. The molecule has 0 aliphatic carbocycles. The summed E-state index contributed by atoms with van der Waals surface area (Å²) in [5, 5.41) is 0. The Morgan fingerprint density at radius 1 is 0.290 bits per heavy atom. The first kappa shape index (κ1) is 24.9. The van der Waals surface area contributed by atoms with Gasteiger partial charge in [-0.15, -0.1) is 0 Å². The minimum Gasteiger partial charge on any atom is -0.471 e. The quantitative estimate of drug-likeness (QED) is 0.402. The highest BCUT2D eigenvalue weighted by Crippen LogP contribution is 1.89. The molecule has 0 radical (unpaired) electrons. The van der Waals surface area contributed by atoms with E-state index in [1.807, 2.05) is 146 Å². The lowest BCUT2D eigenvalue weighted by atomic mass is 10.3. The van der Waals surface area contributed by atoms with Crippen molar-refractivity contribution in [1.82, 2.24) is 0 Å². The molecular weight excluding hydrogens is 378 g/mol. The van der Waals surface area contributed by atoms with Crippen LogP contribution in [0.25, 0.3) is 0 Å². The van der Waals surface area contributed by atoms with Crippen LogP contribution in [0, 0.1) is 0 Å². The molecule has 2 nitrogen and oxygen atoms in total. The Morgan fingerprint density at radius 3 is 0.935 bits per heavy atom. The second-order valence-corrected chi connectivity index (χ2v) is 5.67. The van der Waals surface area contributed by atoms with Crippen molar-refractivity contribution in [1.29, 1.82) is 0 Å². The summed E-state index contributed by atoms with van der Waals surface area (Å²) in [5.41, 5.74) is 0. The zero-order valence-corrected chi connectivity index (χ0v) is 17.6. The van der Waals surface area contributed by atoms with Gasteiger partial charge in [-0.3, -0.25) is 4.99 Å². The van der Waals surface area contributed by atoms with Gasteiger partial charge in [0.05, 0.1) is 12.5 Å². The molecule has 0 unspecified atom stereocenters. The molecule has 31 heavy (non-hydrogen) atoms. The van der Waals surface area contributed by atoms with Gasteiger partial charge in [0.15, 0.2) is 0 Å². The van der Waals surface area contributed by atoms with Crippen molar-refractivity contribution < 1.29 is 4.74 Å². The topological polar surface area (TPSA) is 21.6 Å². The maximum atomic E-state index is 5.19. The highest BCUT2D eigenvalue weighted by Gasteiger charge is 1.69. The molecule has 0 amide bonds. The molecule has 1 aliphatic heterocycles. The molecule has 2 heteroatoms. The van der Waals surface area contributed by atoms with Crippen molar-refractivity contribution in [3.05, 3.63) is 171 Å². The summed E-state index contributed by atoms with van der Waals surface area (Å²) < 4.78 is 5.19. The number of allylic oxidation sites excluding steroid dienone is 25. The van der Waals surface area contributed by atoms with Gasteiger partial charge in [-0.1, -0.05) is 140 Å². The van der Waals surface area contributed by atoms with Crippen LogP contribution in [-0.4, -0.2) is 6.21 Å². The van der Waals surface area contributed by atoms with Gasteiger partial charge >= 0.3 is 0 Å². The van der Waals surface area contributed by atoms with Crippen LogP contribution in [0.4, 0.5) is 0 Å². The van der Waals surface area contributed by atoms with Gasteiger partial charge in [-0.05, 0) is 12.2 Å². The first-order valence-corrected chi connectivity index (χ1v) is 9.99. The zero-order chi connectivity index (χ0) is 21.9. The van der Waals surface area contributed by atoms with E-state index in [-0.39, 0.29) is 0 Å². The van der Waals surface area contributed by atoms with E-state index in [1.54, 1.807) is 24.8 Å². The third kappa shape index (κ3) is 20.4. The lowest BCUT2D eigenvalue weighted by Crippen LogP contribution is -1.65. The predicted molar refractivity (Wildman–Crippen MR) is 138 cm³/mol. The monoisotopic (exact) mass is 407 g/mol. The van der Waals surface area contributed by atoms with Crippen molar-refractivity contribution in [3.63, 3.8) is 0 Å². The number of nitrogens with zero attached hydrogens (tertiary/aromatic N) is 1. The molecule has 1 heterocycles. The van der Waals surface area contributed by atoms with Crippen LogP contribution in [0.2, 0.25) is 0 Å². The average Bonchev–Trinajstić information content (AvgIpc) is 2.78. The molecule has 0 aromatic heterocycles. The van der Waals surface area contributed by atoms with E-state index in [0.717, 1.165) is 0 Å². The Morgan fingerprint density at radius 2 is 0.581 bits per heavy atom. The lowest BCUT2D eigenvalue weighted by molar-refractivity contribution is 0.402. The van der Waals surface area contributed by atoms with E-state index >= 15 is 0 Å². The fourth-order valence-electron chi connectivity index (χ4n) is 1.83. The third-order valence-corrected chi connectivity index (χ3v) is 3.22. The summed E-state index contributed by atoms with van der Waals surface area (Å²) in [6.45, 7) is 0. The first-order chi connectivity index (χ1) is 15.5. The van der Waals surface area contributed by atoms with Gasteiger partial charge in [0.2, 0.25) is 0 Å². The van der Waals surface area contributed by atoms with Crippen molar-refractivity contribution in [3.8, 4) is 0 Å². The molecule has 0 saturated carbocycles. The van der Waals surface area contributed by atoms with Crippen molar-refractivity contribution in [2.24, 2.45) is 4.99 Å². The van der Waals surface area contributed by atoms with Gasteiger partial charge in [-0.2, -0.15) is 0 Å². The second kappa shape index (κ2) is 22.1. The van der Waals surface area contributed by atoms with E-state index < -0.39 is 0 Å². The molecule has 0 atom stereocenters. The summed E-state index contributed by atoms with van der Waals surface area (Å²) in [5.74, 6) is 0. The first-order valence-electron chi connectivity index (χ1n) is 9.99. The summed E-state index contributed by atoms with van der Waals surface area (Å²) in [6, 6.07) is 0. The summed E-state index contributed by atoms with van der Waals surface area (Å²) in [7, 11) is 0. The molecule has 0 spiro atoms. The number of hydrogen-bond acceptors (Lipinski definition) is 2. The molecule has 0 saturated heterocycles.